The maximum absolute atomic E-state index is 13.6. The third kappa shape index (κ3) is 5.86. The largest absolute Gasteiger partial charge is 0.342 e. The fourth-order valence-corrected chi connectivity index (χ4v) is 6.64. The van der Waals surface area contributed by atoms with Crippen molar-refractivity contribution in [1.29, 1.82) is 0 Å². The first-order valence-corrected chi connectivity index (χ1v) is 14.4. The zero-order chi connectivity index (χ0) is 26.6. The molecule has 0 spiro atoms. The Labute approximate surface area is 219 Å². The number of anilines is 1. The lowest BCUT2D eigenvalue weighted by atomic mass is 9.90. The maximum atomic E-state index is 13.6. The maximum Gasteiger partial charge on any atom is 0.255 e. The van der Waals surface area contributed by atoms with E-state index in [0.29, 0.717) is 48.0 Å². The molecule has 0 aliphatic carbocycles. The predicted molar refractivity (Wildman–Crippen MR) is 147 cm³/mol. The van der Waals surface area contributed by atoms with Crippen LogP contribution < -0.4 is 10.0 Å². The quantitative estimate of drug-likeness (QED) is 0.431. The number of aryl methyl sites for hydroxylation is 1. The van der Waals surface area contributed by atoms with E-state index in [4.69, 9.17) is 0 Å². The summed E-state index contributed by atoms with van der Waals surface area (Å²) in [6, 6.07) is 17.5. The van der Waals surface area contributed by atoms with Gasteiger partial charge in [0, 0.05) is 47.6 Å². The van der Waals surface area contributed by atoms with Crippen LogP contribution in [0.25, 0.3) is 10.8 Å². The van der Waals surface area contributed by atoms with Gasteiger partial charge in [0.15, 0.2) is 0 Å². The molecule has 4 rings (SSSR count). The number of nitrogens with zero attached hydrogens (tertiary/aromatic N) is 1. The Hall–Kier alpha value is -3.23. The Morgan fingerprint density at radius 2 is 1.68 bits per heavy atom. The first-order valence-electron chi connectivity index (χ1n) is 12.9. The van der Waals surface area contributed by atoms with Gasteiger partial charge in [-0.2, -0.15) is 0 Å². The van der Waals surface area contributed by atoms with Gasteiger partial charge in [0.2, 0.25) is 15.9 Å². The highest BCUT2D eigenvalue weighted by Gasteiger charge is 2.33. The van der Waals surface area contributed by atoms with Crippen LogP contribution in [0, 0.1) is 12.8 Å². The predicted octanol–water partition coefficient (Wildman–Crippen LogP) is 5.11. The Kier molecular flexibility index (Phi) is 8.29. The summed E-state index contributed by atoms with van der Waals surface area (Å²) in [5.74, 6) is -0.0630. The van der Waals surface area contributed by atoms with E-state index >= 15 is 0 Å². The number of amides is 2. The van der Waals surface area contributed by atoms with Crippen LogP contribution in [0.2, 0.25) is 0 Å². The highest BCUT2D eigenvalue weighted by atomic mass is 32.2. The number of sulfonamides is 1. The van der Waals surface area contributed by atoms with Gasteiger partial charge in [0.25, 0.3) is 5.91 Å². The Morgan fingerprint density at radius 1 is 0.973 bits per heavy atom. The molecule has 2 atom stereocenters. The summed E-state index contributed by atoms with van der Waals surface area (Å²) in [7, 11) is -3.85. The SMILES string of the molecule is CCCC(=O)N1CC[C@@H](NS(=O)(=O)c2ccc(NC(=O)c3ccccc3C)c3ccccc23)[C@@H](CC)C1. The van der Waals surface area contributed by atoms with Gasteiger partial charge in [0.1, 0.15) is 0 Å². The number of hydrogen-bond donors (Lipinski definition) is 2. The average molecular weight is 522 g/mol. The second kappa shape index (κ2) is 11.4. The summed E-state index contributed by atoms with van der Waals surface area (Å²) >= 11 is 0. The highest BCUT2D eigenvalue weighted by Crippen LogP contribution is 2.31. The van der Waals surface area contributed by atoms with E-state index in [1.165, 1.54) is 0 Å². The van der Waals surface area contributed by atoms with Gasteiger partial charge in [-0.05, 0) is 49.4 Å². The standard InChI is InChI=1S/C29H35N3O4S/c1-4-10-28(33)32-18-17-25(21(5-2)19-32)31-37(35,36)27-16-15-26(23-13-8-9-14-24(23)27)30-29(34)22-12-7-6-11-20(22)3/h6-9,11-16,21,25,31H,4-5,10,17-19H2,1-3H3,(H,30,34)/t21-,25+/m0/s1. The number of carbonyl (C=O) groups excluding carboxylic acids is 2. The number of fused-ring (bicyclic) bond motifs is 1. The molecule has 1 saturated heterocycles. The summed E-state index contributed by atoms with van der Waals surface area (Å²) in [4.78, 5) is 27.4. The third-order valence-electron chi connectivity index (χ3n) is 7.19. The normalized spacial score (nSPS) is 18.1. The summed E-state index contributed by atoms with van der Waals surface area (Å²) in [5.41, 5.74) is 1.98. The van der Waals surface area contributed by atoms with Crippen LogP contribution in [-0.2, 0) is 14.8 Å². The van der Waals surface area contributed by atoms with E-state index < -0.39 is 10.0 Å². The van der Waals surface area contributed by atoms with E-state index in [1.54, 1.807) is 30.3 Å². The highest BCUT2D eigenvalue weighted by molar-refractivity contribution is 7.89. The number of carbonyl (C=O) groups is 2. The number of benzene rings is 3. The number of piperidine rings is 1. The summed E-state index contributed by atoms with van der Waals surface area (Å²) in [6.07, 6.45) is 2.67. The lowest BCUT2D eigenvalue weighted by Gasteiger charge is -2.38. The van der Waals surface area contributed by atoms with Crippen molar-refractivity contribution in [2.75, 3.05) is 18.4 Å². The number of likely N-dealkylation sites (tertiary alicyclic amines) is 1. The van der Waals surface area contributed by atoms with Crippen LogP contribution in [-0.4, -0.2) is 44.3 Å². The molecule has 2 N–H and O–H groups in total. The molecule has 0 radical (unpaired) electrons. The first kappa shape index (κ1) is 26.8. The van der Waals surface area contributed by atoms with Crippen molar-refractivity contribution in [1.82, 2.24) is 9.62 Å². The number of nitrogens with one attached hydrogen (secondary N) is 2. The van der Waals surface area contributed by atoms with Crippen LogP contribution in [0.3, 0.4) is 0 Å². The van der Waals surface area contributed by atoms with E-state index in [9.17, 15) is 18.0 Å². The van der Waals surface area contributed by atoms with E-state index in [0.717, 1.165) is 18.4 Å². The Balaban J connectivity index is 1.59. The summed E-state index contributed by atoms with van der Waals surface area (Å²) in [5, 5.41) is 4.15. The van der Waals surface area contributed by atoms with Crippen molar-refractivity contribution >= 4 is 38.3 Å². The third-order valence-corrected chi connectivity index (χ3v) is 8.74. The molecular weight excluding hydrogens is 486 g/mol. The van der Waals surface area contributed by atoms with Crippen molar-refractivity contribution in [2.45, 2.75) is 57.4 Å². The van der Waals surface area contributed by atoms with Crippen LogP contribution in [0.4, 0.5) is 5.69 Å². The second-order valence-corrected chi connectivity index (χ2v) is 11.4. The van der Waals surface area contributed by atoms with E-state index in [2.05, 4.69) is 10.0 Å². The monoisotopic (exact) mass is 521 g/mol. The molecule has 0 saturated carbocycles. The molecule has 2 amide bonds. The van der Waals surface area contributed by atoms with Crippen molar-refractivity contribution in [3.05, 3.63) is 71.8 Å². The van der Waals surface area contributed by atoms with Crippen molar-refractivity contribution < 1.29 is 18.0 Å². The molecule has 1 fully saturated rings. The molecule has 0 aromatic heterocycles. The molecule has 1 aliphatic rings. The zero-order valence-electron chi connectivity index (χ0n) is 21.7. The topological polar surface area (TPSA) is 95.6 Å². The summed E-state index contributed by atoms with van der Waals surface area (Å²) in [6.45, 7) is 7.00. The van der Waals surface area contributed by atoms with Crippen molar-refractivity contribution in [3.8, 4) is 0 Å². The van der Waals surface area contributed by atoms with E-state index in [1.807, 2.05) is 56.0 Å². The molecule has 1 aliphatic heterocycles. The smallest absolute Gasteiger partial charge is 0.255 e. The fraction of sp³-hybridized carbons (Fsp3) is 0.379. The Morgan fingerprint density at radius 3 is 2.38 bits per heavy atom. The van der Waals surface area contributed by atoms with Gasteiger partial charge in [-0.1, -0.05) is 62.7 Å². The fourth-order valence-electron chi connectivity index (χ4n) is 5.09. The van der Waals surface area contributed by atoms with Crippen LogP contribution in [0.5, 0.6) is 0 Å². The van der Waals surface area contributed by atoms with Crippen molar-refractivity contribution in [2.24, 2.45) is 5.92 Å². The zero-order valence-corrected chi connectivity index (χ0v) is 22.5. The number of rotatable bonds is 8. The minimum atomic E-state index is -3.85. The lowest BCUT2D eigenvalue weighted by Crippen LogP contribution is -2.52. The van der Waals surface area contributed by atoms with Crippen LogP contribution >= 0.6 is 0 Å². The second-order valence-electron chi connectivity index (χ2n) is 9.70. The summed E-state index contributed by atoms with van der Waals surface area (Å²) < 4.78 is 30.2. The molecule has 7 nitrogen and oxygen atoms in total. The molecule has 1 heterocycles. The van der Waals surface area contributed by atoms with Crippen LogP contribution in [0.15, 0.2) is 65.6 Å². The van der Waals surface area contributed by atoms with Crippen LogP contribution in [0.1, 0.15) is 55.5 Å². The van der Waals surface area contributed by atoms with Gasteiger partial charge in [-0.15, -0.1) is 0 Å². The van der Waals surface area contributed by atoms with E-state index in [-0.39, 0.29) is 28.7 Å². The first-order chi connectivity index (χ1) is 17.7. The molecule has 0 unspecified atom stereocenters. The van der Waals surface area contributed by atoms with Crippen molar-refractivity contribution in [3.63, 3.8) is 0 Å². The van der Waals surface area contributed by atoms with Gasteiger partial charge in [0.05, 0.1) is 4.90 Å². The number of hydrogen-bond acceptors (Lipinski definition) is 4. The van der Waals surface area contributed by atoms with Gasteiger partial charge in [-0.25, -0.2) is 13.1 Å². The lowest BCUT2D eigenvalue weighted by molar-refractivity contribution is -0.133. The minimum Gasteiger partial charge on any atom is -0.342 e. The molecule has 3 aromatic carbocycles. The Bertz CT molecular complexity index is 1400. The van der Waals surface area contributed by atoms with Gasteiger partial charge < -0.3 is 10.2 Å². The van der Waals surface area contributed by atoms with Gasteiger partial charge in [-0.3, -0.25) is 9.59 Å². The molecular formula is C29H35N3O4S. The average Bonchev–Trinajstić information content (AvgIpc) is 2.89. The molecule has 196 valence electrons. The molecule has 3 aromatic rings. The van der Waals surface area contributed by atoms with Gasteiger partial charge >= 0.3 is 0 Å². The molecule has 8 heteroatoms. The molecule has 37 heavy (non-hydrogen) atoms. The minimum absolute atomic E-state index is 0.0447. The molecule has 0 bridgehead atoms.